The Hall–Kier alpha value is -2.16. The third-order valence-corrected chi connectivity index (χ3v) is 3.80. The van der Waals surface area contributed by atoms with Crippen molar-refractivity contribution in [2.45, 2.75) is 19.8 Å². The van der Waals surface area contributed by atoms with E-state index in [1.807, 2.05) is 32.3 Å². The first-order chi connectivity index (χ1) is 9.58. The molecule has 0 atom stereocenters. The summed E-state index contributed by atoms with van der Waals surface area (Å²) in [6.07, 6.45) is 2.10. The summed E-state index contributed by atoms with van der Waals surface area (Å²) in [5.41, 5.74) is 4.44. The van der Waals surface area contributed by atoms with Crippen molar-refractivity contribution < 1.29 is 13.6 Å². The number of oxazole rings is 1. The van der Waals surface area contributed by atoms with E-state index in [0.29, 0.717) is 5.92 Å². The highest BCUT2D eigenvalue weighted by Crippen LogP contribution is 2.22. The number of pyridine rings is 1. The van der Waals surface area contributed by atoms with Gasteiger partial charge in [0, 0.05) is 18.2 Å². The van der Waals surface area contributed by atoms with Gasteiger partial charge in [-0.25, -0.2) is 0 Å². The van der Waals surface area contributed by atoms with E-state index in [4.69, 9.17) is 4.42 Å². The van der Waals surface area contributed by atoms with Gasteiger partial charge in [-0.1, -0.05) is 26.0 Å². The number of nitrogens with zero attached hydrogens (tertiary/aromatic N) is 2. The molecule has 3 rings (SSSR count). The van der Waals surface area contributed by atoms with Crippen molar-refractivity contribution in [1.82, 2.24) is 0 Å². The lowest BCUT2D eigenvalue weighted by molar-refractivity contribution is -0.682. The van der Waals surface area contributed by atoms with Gasteiger partial charge in [0.1, 0.15) is 14.1 Å². The minimum atomic E-state index is 0.504. The minimum absolute atomic E-state index is 0.504. The van der Waals surface area contributed by atoms with Gasteiger partial charge < -0.3 is 4.42 Å². The van der Waals surface area contributed by atoms with Gasteiger partial charge in [0.15, 0.2) is 6.20 Å². The number of benzene rings is 1. The first kappa shape index (κ1) is 12.9. The maximum atomic E-state index is 6.04. The summed E-state index contributed by atoms with van der Waals surface area (Å²) in [6, 6.07) is 12.5. The Balaban J connectivity index is 2.25. The van der Waals surface area contributed by atoms with Gasteiger partial charge in [-0.3, -0.25) is 0 Å². The molecule has 3 nitrogen and oxygen atoms in total. The van der Waals surface area contributed by atoms with Crippen LogP contribution < -0.4 is 9.13 Å². The van der Waals surface area contributed by atoms with Crippen LogP contribution in [0.4, 0.5) is 0 Å². The Bertz CT molecular complexity index is 772. The number of para-hydroxylation sites is 2. The first-order valence-electron chi connectivity index (χ1n) is 6.95. The molecule has 1 aromatic carbocycles. The van der Waals surface area contributed by atoms with Crippen LogP contribution in [0.5, 0.6) is 0 Å². The molecule has 2 heterocycles. The fourth-order valence-corrected chi connectivity index (χ4v) is 2.48. The van der Waals surface area contributed by atoms with Crippen molar-refractivity contribution in [2.24, 2.45) is 14.1 Å². The molecule has 0 saturated heterocycles. The molecule has 0 radical (unpaired) electrons. The zero-order chi connectivity index (χ0) is 14.3. The van der Waals surface area contributed by atoms with E-state index in [1.54, 1.807) is 0 Å². The topological polar surface area (TPSA) is 20.9 Å². The molecule has 0 fully saturated rings. The Morgan fingerprint density at radius 2 is 1.80 bits per heavy atom. The molecule has 0 aliphatic heterocycles. The zero-order valence-electron chi connectivity index (χ0n) is 12.4. The predicted octanol–water partition coefficient (Wildman–Crippen LogP) is 2.87. The van der Waals surface area contributed by atoms with E-state index >= 15 is 0 Å². The lowest BCUT2D eigenvalue weighted by atomic mass is 10.0. The second-order valence-corrected chi connectivity index (χ2v) is 5.54. The van der Waals surface area contributed by atoms with Crippen LogP contribution in [-0.2, 0) is 14.1 Å². The molecule has 3 aromatic rings. The van der Waals surface area contributed by atoms with Gasteiger partial charge in [-0.15, -0.1) is 0 Å². The number of aryl methyl sites for hydroxylation is 2. The van der Waals surface area contributed by atoms with Crippen molar-refractivity contribution in [3.8, 4) is 11.6 Å². The smallest absolute Gasteiger partial charge is 0.393 e. The normalized spacial score (nSPS) is 11.4. The van der Waals surface area contributed by atoms with Gasteiger partial charge in [-0.05, 0) is 17.5 Å². The monoisotopic (exact) mass is 268 g/mol. The molecule has 2 aromatic heterocycles. The summed E-state index contributed by atoms with van der Waals surface area (Å²) in [7, 11) is 4.09. The molecule has 0 aliphatic carbocycles. The molecule has 0 N–H and O–H groups in total. The molecule has 0 saturated carbocycles. The summed E-state index contributed by atoms with van der Waals surface area (Å²) in [4.78, 5) is 0. The van der Waals surface area contributed by atoms with Crippen LogP contribution in [0.3, 0.4) is 0 Å². The van der Waals surface area contributed by atoms with E-state index in [1.165, 1.54) is 5.56 Å². The lowest BCUT2D eigenvalue weighted by Crippen LogP contribution is -2.37. The standard InChI is InChI=1S/C17H20N2O/c1-12(2)13-9-10-18(3)15(11-13)17-19(4)14-7-5-6-8-16(14)20-17/h5-12H,1-4H3/q+2. The molecule has 0 unspecified atom stereocenters. The molecule has 20 heavy (non-hydrogen) atoms. The largest absolute Gasteiger partial charge is 0.448 e. The average molecular weight is 268 g/mol. The van der Waals surface area contributed by atoms with Crippen LogP contribution in [0.2, 0.25) is 0 Å². The number of hydrogen-bond donors (Lipinski definition) is 0. The summed E-state index contributed by atoms with van der Waals surface area (Å²) < 4.78 is 10.2. The van der Waals surface area contributed by atoms with Gasteiger partial charge in [0.2, 0.25) is 5.58 Å². The van der Waals surface area contributed by atoms with Crippen molar-refractivity contribution in [1.29, 1.82) is 0 Å². The molecular weight excluding hydrogens is 248 g/mol. The van der Waals surface area contributed by atoms with Crippen LogP contribution >= 0.6 is 0 Å². The maximum Gasteiger partial charge on any atom is 0.448 e. The van der Waals surface area contributed by atoms with Crippen LogP contribution in [0.25, 0.3) is 22.7 Å². The summed E-state index contributed by atoms with van der Waals surface area (Å²) in [5, 5.41) is 0. The molecule has 3 heteroatoms. The van der Waals surface area contributed by atoms with Crippen LogP contribution in [0, 0.1) is 0 Å². The Labute approximate surface area is 119 Å². The molecular formula is C17H20N2O+2. The highest BCUT2D eigenvalue weighted by molar-refractivity contribution is 5.70. The third-order valence-electron chi connectivity index (χ3n) is 3.80. The van der Waals surface area contributed by atoms with Crippen LogP contribution in [-0.4, -0.2) is 0 Å². The van der Waals surface area contributed by atoms with Gasteiger partial charge in [0.25, 0.3) is 5.52 Å². The Morgan fingerprint density at radius 1 is 1.05 bits per heavy atom. The molecule has 0 bridgehead atoms. The van der Waals surface area contributed by atoms with E-state index in [0.717, 1.165) is 22.7 Å². The van der Waals surface area contributed by atoms with Gasteiger partial charge in [0.05, 0.1) is 0 Å². The SMILES string of the molecule is CC(C)c1cc[n+](C)c(-c2oc3ccccc3[n+]2C)c1. The first-order valence-corrected chi connectivity index (χ1v) is 6.95. The molecule has 102 valence electrons. The minimum Gasteiger partial charge on any atom is -0.393 e. The lowest BCUT2D eigenvalue weighted by Gasteiger charge is -2.03. The second kappa shape index (κ2) is 4.75. The van der Waals surface area contributed by atoms with Crippen LogP contribution in [0.15, 0.2) is 47.0 Å². The van der Waals surface area contributed by atoms with E-state index < -0.39 is 0 Å². The molecule has 0 spiro atoms. The number of fused-ring (bicyclic) bond motifs is 1. The van der Waals surface area contributed by atoms with Crippen molar-refractivity contribution in [3.63, 3.8) is 0 Å². The average Bonchev–Trinajstić information content (AvgIpc) is 2.77. The number of aromatic nitrogens is 2. The van der Waals surface area contributed by atoms with Crippen molar-refractivity contribution in [2.75, 3.05) is 0 Å². The summed E-state index contributed by atoms with van der Waals surface area (Å²) >= 11 is 0. The number of hydrogen-bond acceptors (Lipinski definition) is 1. The zero-order valence-corrected chi connectivity index (χ0v) is 12.4. The van der Waals surface area contributed by atoms with Crippen molar-refractivity contribution in [3.05, 3.63) is 48.2 Å². The Kier molecular flexibility index (Phi) is 3.05. The van der Waals surface area contributed by atoms with Crippen LogP contribution in [0.1, 0.15) is 25.3 Å². The quantitative estimate of drug-likeness (QED) is 0.655. The summed E-state index contributed by atoms with van der Waals surface area (Å²) in [6.45, 7) is 4.41. The maximum absolute atomic E-state index is 6.04. The molecule has 0 aliphatic rings. The highest BCUT2D eigenvalue weighted by atomic mass is 16.4. The van der Waals surface area contributed by atoms with Gasteiger partial charge >= 0.3 is 11.6 Å². The van der Waals surface area contributed by atoms with Gasteiger partial charge in [-0.2, -0.15) is 9.13 Å². The fraction of sp³-hybridized carbons (Fsp3) is 0.294. The summed E-state index contributed by atoms with van der Waals surface area (Å²) in [5.74, 6) is 1.39. The number of rotatable bonds is 2. The van der Waals surface area contributed by atoms with Crippen molar-refractivity contribution >= 4 is 11.1 Å². The third kappa shape index (κ3) is 1.99. The predicted molar refractivity (Wildman–Crippen MR) is 78.1 cm³/mol. The second-order valence-electron chi connectivity index (χ2n) is 5.54. The van der Waals surface area contributed by atoms with E-state index in [2.05, 4.69) is 47.4 Å². The van der Waals surface area contributed by atoms with E-state index in [-0.39, 0.29) is 0 Å². The van der Waals surface area contributed by atoms with E-state index in [9.17, 15) is 0 Å². The Morgan fingerprint density at radius 3 is 2.50 bits per heavy atom. The molecule has 0 amide bonds. The highest BCUT2D eigenvalue weighted by Gasteiger charge is 2.28. The fourth-order valence-electron chi connectivity index (χ4n) is 2.48.